The first-order valence-electron chi connectivity index (χ1n) is 15.4. The molecule has 48 heavy (non-hydrogen) atoms. The Balaban J connectivity index is 1.61. The van der Waals surface area contributed by atoms with E-state index in [1.807, 2.05) is 102 Å². The third-order valence-corrected chi connectivity index (χ3v) is 9.13. The number of aromatic nitrogens is 2. The first kappa shape index (κ1) is 29.1. The minimum Gasteiger partial charge on any atom is -0.308 e. The van der Waals surface area contributed by atoms with E-state index in [1.165, 1.54) is 12.1 Å². The lowest BCUT2D eigenvalue weighted by Crippen LogP contribution is -2.10. The maximum Gasteiger partial charge on any atom is 0.415 e. The molecule has 2 heterocycles. The summed E-state index contributed by atoms with van der Waals surface area (Å²) in [6, 6.07) is 37.1. The summed E-state index contributed by atoms with van der Waals surface area (Å²) in [5, 5.41) is 15.0. The largest absolute Gasteiger partial charge is 0.415 e. The van der Waals surface area contributed by atoms with E-state index in [2.05, 4.69) is 17.0 Å². The molecule has 4 nitrogen and oxygen atoms in total. The van der Waals surface area contributed by atoms with Crippen molar-refractivity contribution in [2.24, 2.45) is 0 Å². The second kappa shape index (κ2) is 10.6. The van der Waals surface area contributed by atoms with Gasteiger partial charge in [0.1, 0.15) is 11.6 Å². The van der Waals surface area contributed by atoms with Crippen molar-refractivity contribution in [2.45, 2.75) is 20.0 Å². The minimum absolute atomic E-state index is 0.147. The Morgan fingerprint density at radius 2 is 1.21 bits per heavy atom. The van der Waals surface area contributed by atoms with Crippen molar-refractivity contribution >= 4 is 49.3 Å². The second-order valence-corrected chi connectivity index (χ2v) is 12.0. The lowest BCUT2D eigenvalue weighted by atomic mass is 9.92. The molecule has 7 heteroatoms. The van der Waals surface area contributed by atoms with Gasteiger partial charge in [-0.05, 0) is 61.9 Å². The number of nitriles is 1. The number of para-hydroxylation sites is 2. The average molecular weight is 631 g/mol. The SMILES string of the molecule is [C-]#[N+]c1cccc(C(F)(F)F)c1-c1ccc(-n2c3ccccc3c3cc(C)ccc32)c(C#N)c1-n1c2ccccc2c2cc(C)ccc21. The highest BCUT2D eigenvalue weighted by Gasteiger charge is 2.36. The van der Waals surface area contributed by atoms with Crippen LogP contribution in [0, 0.1) is 31.8 Å². The molecule has 0 aliphatic carbocycles. The molecule has 8 rings (SSSR count). The lowest BCUT2D eigenvalue weighted by Gasteiger charge is -2.22. The first-order chi connectivity index (χ1) is 23.2. The summed E-state index contributed by atoms with van der Waals surface area (Å²) < 4.78 is 48.2. The van der Waals surface area contributed by atoms with Gasteiger partial charge >= 0.3 is 6.18 Å². The quantitative estimate of drug-likeness (QED) is 0.179. The molecule has 0 amide bonds. The molecular formula is C41H25F3N4. The van der Waals surface area contributed by atoms with Crippen LogP contribution < -0.4 is 0 Å². The molecule has 0 aliphatic rings. The van der Waals surface area contributed by atoms with Crippen LogP contribution in [-0.4, -0.2) is 9.13 Å². The van der Waals surface area contributed by atoms with Crippen LogP contribution in [0.25, 0.3) is 71.0 Å². The number of benzene rings is 6. The van der Waals surface area contributed by atoms with Crippen molar-refractivity contribution < 1.29 is 13.2 Å². The van der Waals surface area contributed by atoms with Gasteiger partial charge in [-0.2, -0.15) is 18.4 Å². The van der Waals surface area contributed by atoms with Crippen LogP contribution in [0.5, 0.6) is 0 Å². The number of nitrogens with zero attached hydrogens (tertiary/aromatic N) is 4. The summed E-state index contributed by atoms with van der Waals surface area (Å²) in [7, 11) is 0. The van der Waals surface area contributed by atoms with Crippen molar-refractivity contribution in [2.75, 3.05) is 0 Å². The van der Waals surface area contributed by atoms with E-state index >= 15 is 0 Å². The van der Waals surface area contributed by atoms with Crippen LogP contribution in [0.2, 0.25) is 0 Å². The van der Waals surface area contributed by atoms with Crippen LogP contribution in [-0.2, 0) is 6.18 Å². The van der Waals surface area contributed by atoms with Crippen molar-refractivity contribution in [3.05, 3.63) is 149 Å². The Hall–Kier alpha value is -6.31. The molecular weight excluding hydrogens is 605 g/mol. The van der Waals surface area contributed by atoms with Gasteiger partial charge in [-0.15, -0.1) is 0 Å². The zero-order valence-corrected chi connectivity index (χ0v) is 25.9. The smallest absolute Gasteiger partial charge is 0.308 e. The van der Waals surface area contributed by atoms with Crippen LogP contribution in [0.3, 0.4) is 0 Å². The van der Waals surface area contributed by atoms with Gasteiger partial charge in [0.15, 0.2) is 5.69 Å². The van der Waals surface area contributed by atoms with Crippen molar-refractivity contribution in [3.63, 3.8) is 0 Å². The van der Waals surface area contributed by atoms with Gasteiger partial charge in [-0.1, -0.05) is 83.9 Å². The zero-order valence-electron chi connectivity index (χ0n) is 25.9. The average Bonchev–Trinajstić information content (AvgIpc) is 3.58. The van der Waals surface area contributed by atoms with Gasteiger partial charge in [0.05, 0.1) is 45.6 Å². The molecule has 0 spiro atoms. The monoisotopic (exact) mass is 630 g/mol. The fourth-order valence-electron chi connectivity index (χ4n) is 7.14. The van der Waals surface area contributed by atoms with E-state index in [1.54, 1.807) is 12.1 Å². The van der Waals surface area contributed by atoms with E-state index < -0.39 is 11.7 Å². The molecule has 0 saturated heterocycles. The molecule has 6 aromatic carbocycles. The number of hydrogen-bond acceptors (Lipinski definition) is 1. The molecule has 0 N–H and O–H groups in total. The number of halogens is 3. The minimum atomic E-state index is -4.75. The first-order valence-corrected chi connectivity index (χ1v) is 15.4. The summed E-state index contributed by atoms with van der Waals surface area (Å²) in [5.41, 5.74) is 5.12. The molecule has 0 unspecified atom stereocenters. The highest BCUT2D eigenvalue weighted by atomic mass is 19.4. The maximum absolute atomic E-state index is 14.8. The van der Waals surface area contributed by atoms with Crippen LogP contribution in [0.4, 0.5) is 18.9 Å². The molecule has 0 bridgehead atoms. The van der Waals surface area contributed by atoms with Crippen molar-refractivity contribution in [1.29, 1.82) is 5.26 Å². The standard InChI is InChI=1S/C41H25F3N4/c1-24-15-18-36-29(21-24)26-9-4-6-13-34(26)47(36)38-20-17-28(39-32(41(42,43)44)11-8-12-33(39)46-3)40(31(38)23-45)48-35-14-7-5-10-27(35)30-22-25(2)16-19-37(30)48/h4-22H,1-2H3. The van der Waals surface area contributed by atoms with Crippen LogP contribution in [0.1, 0.15) is 22.3 Å². The van der Waals surface area contributed by atoms with Crippen LogP contribution >= 0.6 is 0 Å². The molecule has 0 aliphatic heterocycles. The van der Waals surface area contributed by atoms with E-state index in [4.69, 9.17) is 6.57 Å². The summed E-state index contributed by atoms with van der Waals surface area (Å²) in [6.07, 6.45) is -4.75. The fourth-order valence-corrected chi connectivity index (χ4v) is 7.14. The van der Waals surface area contributed by atoms with Crippen molar-refractivity contribution in [1.82, 2.24) is 9.13 Å². The van der Waals surface area contributed by atoms with Gasteiger partial charge in [0, 0.05) is 27.1 Å². The fraction of sp³-hybridized carbons (Fsp3) is 0.0732. The number of alkyl halides is 3. The maximum atomic E-state index is 14.8. The summed E-state index contributed by atoms with van der Waals surface area (Å²) in [4.78, 5) is 3.55. The Morgan fingerprint density at radius 1 is 0.646 bits per heavy atom. The zero-order chi connectivity index (χ0) is 33.3. The van der Waals surface area contributed by atoms with E-state index in [9.17, 15) is 18.4 Å². The number of aryl methyl sites for hydroxylation is 2. The third-order valence-electron chi connectivity index (χ3n) is 9.13. The summed E-state index contributed by atoms with van der Waals surface area (Å²) in [6.45, 7) is 11.9. The molecule has 2 aromatic heterocycles. The second-order valence-electron chi connectivity index (χ2n) is 12.0. The third kappa shape index (κ3) is 4.22. The Bertz CT molecular complexity index is 2710. The van der Waals surface area contributed by atoms with Gasteiger partial charge < -0.3 is 9.13 Å². The summed E-state index contributed by atoms with van der Waals surface area (Å²) in [5.74, 6) is 0. The predicted molar refractivity (Wildman–Crippen MR) is 186 cm³/mol. The molecule has 230 valence electrons. The Labute approximate surface area is 273 Å². The van der Waals surface area contributed by atoms with Crippen LogP contribution in [0.15, 0.2) is 115 Å². The summed E-state index contributed by atoms with van der Waals surface area (Å²) >= 11 is 0. The normalized spacial score (nSPS) is 11.8. The number of hydrogen-bond donors (Lipinski definition) is 0. The molecule has 0 atom stereocenters. The van der Waals surface area contributed by atoms with Crippen molar-refractivity contribution in [3.8, 4) is 28.6 Å². The van der Waals surface area contributed by atoms with Gasteiger partial charge in [-0.3, -0.25) is 0 Å². The topological polar surface area (TPSA) is 38.0 Å². The van der Waals surface area contributed by atoms with E-state index in [0.29, 0.717) is 5.69 Å². The van der Waals surface area contributed by atoms with Gasteiger partial charge in [0.2, 0.25) is 0 Å². The highest BCUT2D eigenvalue weighted by molar-refractivity contribution is 6.12. The van der Waals surface area contributed by atoms with E-state index in [-0.39, 0.29) is 28.1 Å². The van der Waals surface area contributed by atoms with E-state index in [0.717, 1.165) is 60.8 Å². The molecule has 8 aromatic rings. The lowest BCUT2D eigenvalue weighted by molar-refractivity contribution is -0.137. The number of rotatable bonds is 3. The van der Waals surface area contributed by atoms with Gasteiger partial charge in [0.25, 0.3) is 0 Å². The highest BCUT2D eigenvalue weighted by Crippen LogP contribution is 2.48. The molecule has 0 saturated carbocycles. The number of fused-ring (bicyclic) bond motifs is 6. The molecule has 0 radical (unpaired) electrons. The Morgan fingerprint density at radius 3 is 1.79 bits per heavy atom. The van der Waals surface area contributed by atoms with Gasteiger partial charge in [-0.25, -0.2) is 4.85 Å². The Kier molecular flexibility index (Phi) is 6.44. The molecule has 0 fully saturated rings. The predicted octanol–water partition coefficient (Wildman–Crippen LogP) is 11.6.